The van der Waals surface area contributed by atoms with Gasteiger partial charge in [0.2, 0.25) is 0 Å². The smallest absolute Gasteiger partial charge is 0.251 e. The molecule has 5 nitrogen and oxygen atoms in total. The van der Waals surface area contributed by atoms with E-state index in [1.54, 1.807) is 0 Å². The molecule has 0 bridgehead atoms. The van der Waals surface area contributed by atoms with Crippen LogP contribution >= 0.6 is 0 Å². The van der Waals surface area contributed by atoms with Crippen LogP contribution in [0.1, 0.15) is 23.1 Å². The summed E-state index contributed by atoms with van der Waals surface area (Å²) in [5, 5.41) is 15.6. The number of carbonyl (C=O) groups is 1. The summed E-state index contributed by atoms with van der Waals surface area (Å²) in [6.45, 7) is 1.90. The van der Waals surface area contributed by atoms with Crippen molar-refractivity contribution in [2.24, 2.45) is 0 Å². The number of nitrogens with one attached hydrogen (secondary N) is 2. The van der Waals surface area contributed by atoms with Crippen molar-refractivity contribution >= 4 is 5.91 Å². The summed E-state index contributed by atoms with van der Waals surface area (Å²) in [4.78, 5) is 12.5. The molecule has 28 heavy (non-hydrogen) atoms. The summed E-state index contributed by atoms with van der Waals surface area (Å²) < 4.78 is 5.58. The molecule has 5 heteroatoms. The lowest BCUT2D eigenvalue weighted by molar-refractivity contribution is -0.132. The van der Waals surface area contributed by atoms with E-state index in [1.807, 2.05) is 0 Å². The molecule has 4 rings (SSSR count). The monoisotopic (exact) mass is 375 g/mol. The van der Waals surface area contributed by atoms with E-state index in [4.69, 9.17) is 4.74 Å². The normalized spacial score (nSPS) is 19.5. The van der Waals surface area contributed by atoms with Crippen molar-refractivity contribution in [3.8, 4) is 17.2 Å². The molecule has 1 fully saturated rings. The van der Waals surface area contributed by atoms with E-state index >= 15 is 0 Å². The SMILES string of the molecule is N#C[C@@H](Cc1ccc2c(c1)CCc1ccccc1-2)NC(=O)[C@@H]1CNCCCO1. The number of benzene rings is 2. The lowest BCUT2D eigenvalue weighted by atomic mass is 9.84. The van der Waals surface area contributed by atoms with Gasteiger partial charge in [-0.15, -0.1) is 0 Å². The number of ether oxygens (including phenoxy) is 1. The van der Waals surface area contributed by atoms with Gasteiger partial charge in [0.15, 0.2) is 0 Å². The third kappa shape index (κ3) is 4.09. The highest BCUT2D eigenvalue weighted by Gasteiger charge is 2.24. The van der Waals surface area contributed by atoms with Gasteiger partial charge >= 0.3 is 0 Å². The zero-order valence-corrected chi connectivity index (χ0v) is 15.9. The predicted octanol–water partition coefficient (Wildman–Crippen LogP) is 2.38. The summed E-state index contributed by atoms with van der Waals surface area (Å²) in [5.41, 5.74) is 6.36. The first-order valence-electron chi connectivity index (χ1n) is 9.97. The molecule has 2 N–H and O–H groups in total. The van der Waals surface area contributed by atoms with Gasteiger partial charge in [-0.25, -0.2) is 0 Å². The van der Waals surface area contributed by atoms with Gasteiger partial charge in [-0.2, -0.15) is 5.26 Å². The molecule has 0 saturated carbocycles. The third-order valence-electron chi connectivity index (χ3n) is 5.49. The number of amides is 1. The number of hydrogen-bond acceptors (Lipinski definition) is 4. The van der Waals surface area contributed by atoms with Crippen LogP contribution in [0.15, 0.2) is 42.5 Å². The molecule has 0 aromatic heterocycles. The van der Waals surface area contributed by atoms with Crippen molar-refractivity contribution in [1.29, 1.82) is 5.26 Å². The van der Waals surface area contributed by atoms with Crippen LogP contribution in [0.25, 0.3) is 11.1 Å². The van der Waals surface area contributed by atoms with Gasteiger partial charge in [0.1, 0.15) is 12.1 Å². The second-order valence-electron chi connectivity index (χ2n) is 7.46. The van der Waals surface area contributed by atoms with Gasteiger partial charge in [-0.3, -0.25) is 4.79 Å². The highest BCUT2D eigenvalue weighted by atomic mass is 16.5. The molecular formula is C23H25N3O2. The fourth-order valence-corrected chi connectivity index (χ4v) is 4.03. The Morgan fingerprint density at radius 3 is 2.93 bits per heavy atom. The maximum atomic E-state index is 12.5. The van der Waals surface area contributed by atoms with Gasteiger partial charge in [0.05, 0.1) is 6.07 Å². The molecule has 2 aromatic rings. The van der Waals surface area contributed by atoms with Crippen LogP contribution in [0.5, 0.6) is 0 Å². The van der Waals surface area contributed by atoms with Gasteiger partial charge in [-0.05, 0) is 53.6 Å². The second kappa shape index (κ2) is 8.55. The lowest BCUT2D eigenvalue weighted by Gasteiger charge is -2.21. The van der Waals surface area contributed by atoms with Gasteiger partial charge in [0, 0.05) is 19.6 Å². The molecule has 0 unspecified atom stereocenters. The van der Waals surface area contributed by atoms with Crippen LogP contribution in [0, 0.1) is 11.3 Å². The molecule has 2 atom stereocenters. The van der Waals surface area contributed by atoms with E-state index in [1.165, 1.54) is 22.3 Å². The van der Waals surface area contributed by atoms with E-state index < -0.39 is 12.1 Å². The van der Waals surface area contributed by atoms with E-state index in [-0.39, 0.29) is 5.91 Å². The molecule has 2 aliphatic rings. The zero-order valence-electron chi connectivity index (χ0n) is 15.9. The highest BCUT2D eigenvalue weighted by Crippen LogP contribution is 2.33. The van der Waals surface area contributed by atoms with Crippen LogP contribution in [0.2, 0.25) is 0 Å². The van der Waals surface area contributed by atoms with Crippen molar-refractivity contribution in [3.05, 3.63) is 59.2 Å². The molecule has 1 aliphatic carbocycles. The summed E-state index contributed by atoms with van der Waals surface area (Å²) in [6.07, 6.45) is 2.90. The fourth-order valence-electron chi connectivity index (χ4n) is 4.03. The first-order chi connectivity index (χ1) is 13.7. The summed E-state index contributed by atoms with van der Waals surface area (Å²) in [7, 11) is 0. The summed E-state index contributed by atoms with van der Waals surface area (Å²) in [6, 6.07) is 16.6. The second-order valence-corrected chi connectivity index (χ2v) is 7.46. The third-order valence-corrected chi connectivity index (χ3v) is 5.49. The molecule has 2 aromatic carbocycles. The minimum absolute atomic E-state index is 0.215. The van der Waals surface area contributed by atoms with Crippen LogP contribution in [0.4, 0.5) is 0 Å². The number of aryl methyl sites for hydroxylation is 2. The van der Waals surface area contributed by atoms with E-state index in [2.05, 4.69) is 59.2 Å². The molecule has 144 valence electrons. The van der Waals surface area contributed by atoms with Crippen molar-refractivity contribution in [2.75, 3.05) is 19.7 Å². The molecule has 0 spiro atoms. The standard InChI is InChI=1S/C23H25N3O2/c24-14-19(26-23(27)22-15-25-10-3-11-28-22)13-16-6-9-21-18(12-16)8-7-17-4-1-2-5-20(17)21/h1-2,4-6,9,12,19,22,25H,3,7-8,10-11,13,15H2,(H,26,27)/t19-,22+/m1/s1. The molecule has 1 heterocycles. The number of nitriles is 1. The minimum atomic E-state index is -0.562. The Morgan fingerprint density at radius 1 is 1.21 bits per heavy atom. The fraction of sp³-hybridized carbons (Fsp3) is 0.391. The summed E-state index contributed by atoms with van der Waals surface area (Å²) in [5.74, 6) is -0.215. The number of hydrogen-bond donors (Lipinski definition) is 2. The minimum Gasteiger partial charge on any atom is -0.367 e. The van der Waals surface area contributed by atoms with Crippen LogP contribution in [-0.2, 0) is 28.8 Å². The van der Waals surface area contributed by atoms with Crippen molar-refractivity contribution in [2.45, 2.75) is 37.8 Å². The maximum Gasteiger partial charge on any atom is 0.251 e. The highest BCUT2D eigenvalue weighted by molar-refractivity contribution is 5.81. The van der Waals surface area contributed by atoms with Crippen molar-refractivity contribution in [1.82, 2.24) is 10.6 Å². The predicted molar refractivity (Wildman–Crippen MR) is 108 cm³/mol. The Bertz CT molecular complexity index is 895. The van der Waals surface area contributed by atoms with Gasteiger partial charge in [-0.1, -0.05) is 42.5 Å². The summed E-state index contributed by atoms with van der Waals surface area (Å²) >= 11 is 0. The first kappa shape index (κ1) is 18.7. The van der Waals surface area contributed by atoms with Crippen LogP contribution in [0.3, 0.4) is 0 Å². The molecular weight excluding hydrogens is 350 g/mol. The van der Waals surface area contributed by atoms with E-state index in [0.717, 1.165) is 31.4 Å². The van der Waals surface area contributed by atoms with Crippen molar-refractivity contribution in [3.63, 3.8) is 0 Å². The van der Waals surface area contributed by atoms with E-state index in [0.29, 0.717) is 19.6 Å². The maximum absolute atomic E-state index is 12.5. The van der Waals surface area contributed by atoms with Crippen LogP contribution in [-0.4, -0.2) is 37.7 Å². The van der Waals surface area contributed by atoms with Gasteiger partial charge < -0.3 is 15.4 Å². The average molecular weight is 375 g/mol. The Kier molecular flexibility index (Phi) is 5.70. The number of nitrogens with zero attached hydrogens (tertiary/aromatic N) is 1. The van der Waals surface area contributed by atoms with E-state index in [9.17, 15) is 10.1 Å². The first-order valence-corrected chi connectivity index (χ1v) is 9.97. The Hall–Kier alpha value is -2.68. The lowest BCUT2D eigenvalue weighted by Crippen LogP contribution is -2.46. The van der Waals surface area contributed by atoms with Gasteiger partial charge in [0.25, 0.3) is 5.91 Å². The largest absolute Gasteiger partial charge is 0.367 e. The molecule has 1 amide bonds. The number of fused-ring (bicyclic) bond motifs is 3. The quantitative estimate of drug-likeness (QED) is 0.861. The number of carbonyl (C=O) groups excluding carboxylic acids is 1. The Morgan fingerprint density at radius 2 is 2.04 bits per heavy atom. The number of rotatable bonds is 4. The Balaban J connectivity index is 1.45. The average Bonchev–Trinajstić information content (AvgIpc) is 3.02. The Labute approximate surface area is 165 Å². The topological polar surface area (TPSA) is 74.2 Å². The molecule has 1 saturated heterocycles. The molecule has 1 aliphatic heterocycles. The molecule has 0 radical (unpaired) electrons. The van der Waals surface area contributed by atoms with Crippen molar-refractivity contribution < 1.29 is 9.53 Å². The van der Waals surface area contributed by atoms with Crippen LogP contribution < -0.4 is 10.6 Å². The zero-order chi connectivity index (χ0) is 19.3.